The Kier molecular flexibility index (Phi) is 6.72. The van der Waals surface area contributed by atoms with Gasteiger partial charge in [-0.15, -0.1) is 0 Å². The second kappa shape index (κ2) is 7.67. The van der Waals surface area contributed by atoms with Crippen molar-refractivity contribution < 1.29 is 14.3 Å². The molecule has 1 aliphatic carbocycles. The number of likely N-dealkylation sites (N-methyl/N-ethyl adjacent to an activating group) is 1. The van der Waals surface area contributed by atoms with Crippen molar-refractivity contribution in [2.24, 2.45) is 11.3 Å². The summed E-state index contributed by atoms with van der Waals surface area (Å²) < 4.78 is 11.3. The smallest absolute Gasteiger partial charge is 0.410 e. The van der Waals surface area contributed by atoms with E-state index in [0.29, 0.717) is 24.7 Å². The van der Waals surface area contributed by atoms with Gasteiger partial charge in [-0.05, 0) is 57.8 Å². The first-order valence-corrected chi connectivity index (χ1v) is 8.55. The van der Waals surface area contributed by atoms with E-state index >= 15 is 0 Å². The average Bonchev–Trinajstić information content (AvgIpc) is 2.36. The fourth-order valence-electron chi connectivity index (χ4n) is 2.88. The van der Waals surface area contributed by atoms with Gasteiger partial charge in [0, 0.05) is 13.6 Å². The molecular weight excluding hydrogens is 278 g/mol. The van der Waals surface area contributed by atoms with E-state index in [1.54, 1.807) is 11.9 Å². The van der Waals surface area contributed by atoms with Gasteiger partial charge in [0.25, 0.3) is 0 Å². The van der Waals surface area contributed by atoms with Crippen LogP contribution in [0, 0.1) is 11.3 Å². The number of carbonyl (C=O) groups excluding carboxylic acids is 1. The van der Waals surface area contributed by atoms with Crippen LogP contribution in [0.5, 0.6) is 0 Å². The highest BCUT2D eigenvalue weighted by molar-refractivity contribution is 5.67. The molecule has 22 heavy (non-hydrogen) atoms. The van der Waals surface area contributed by atoms with E-state index in [4.69, 9.17) is 9.47 Å². The topological polar surface area (TPSA) is 38.8 Å². The van der Waals surface area contributed by atoms with Gasteiger partial charge in [0.05, 0.1) is 12.7 Å². The lowest BCUT2D eigenvalue weighted by Crippen LogP contribution is -2.37. The Bertz CT molecular complexity index is 346. The molecule has 0 bridgehead atoms. The lowest BCUT2D eigenvalue weighted by atomic mass is 9.72. The van der Waals surface area contributed by atoms with Crippen molar-refractivity contribution in [3.8, 4) is 0 Å². The summed E-state index contributed by atoms with van der Waals surface area (Å²) in [6, 6.07) is 0. The van der Waals surface area contributed by atoms with Crippen LogP contribution in [0.25, 0.3) is 0 Å². The summed E-state index contributed by atoms with van der Waals surface area (Å²) in [6.07, 6.45) is 4.83. The summed E-state index contributed by atoms with van der Waals surface area (Å²) in [5, 5.41) is 0. The summed E-state index contributed by atoms with van der Waals surface area (Å²) in [6.45, 7) is 13.8. The predicted molar refractivity (Wildman–Crippen MR) is 90.0 cm³/mol. The molecule has 0 aliphatic heterocycles. The normalized spacial score (nSPS) is 23.2. The largest absolute Gasteiger partial charge is 0.444 e. The first-order chi connectivity index (χ1) is 9.99. The monoisotopic (exact) mass is 313 g/mol. The van der Waals surface area contributed by atoms with Gasteiger partial charge in [-0.2, -0.15) is 0 Å². The van der Waals surface area contributed by atoms with Gasteiger partial charge in [0.2, 0.25) is 0 Å². The molecule has 130 valence electrons. The fraction of sp³-hybridized carbons (Fsp3) is 0.944. The summed E-state index contributed by atoms with van der Waals surface area (Å²) in [7, 11) is 1.76. The third kappa shape index (κ3) is 6.99. The van der Waals surface area contributed by atoms with Crippen LogP contribution in [0.2, 0.25) is 0 Å². The maximum atomic E-state index is 11.8. The molecular formula is C18H35NO3. The Balaban J connectivity index is 2.22. The van der Waals surface area contributed by atoms with E-state index in [1.807, 2.05) is 20.8 Å². The standard InChI is InChI=1S/C18H35NO3/c1-17(2,3)14-8-10-15(11-9-14)21-13-12-19(7)16(20)22-18(4,5)6/h14-15H,8-13H2,1-7H3. The van der Waals surface area contributed by atoms with E-state index in [0.717, 1.165) is 18.8 Å². The number of ether oxygens (including phenoxy) is 2. The summed E-state index contributed by atoms with van der Waals surface area (Å²) in [5.41, 5.74) is -0.0422. The molecule has 0 N–H and O–H groups in total. The van der Waals surface area contributed by atoms with Crippen molar-refractivity contribution in [1.29, 1.82) is 0 Å². The molecule has 1 rings (SSSR count). The van der Waals surface area contributed by atoms with E-state index in [9.17, 15) is 4.79 Å². The number of amides is 1. The number of hydrogen-bond donors (Lipinski definition) is 0. The van der Waals surface area contributed by atoms with Gasteiger partial charge in [0.15, 0.2) is 0 Å². The van der Waals surface area contributed by atoms with Crippen LogP contribution in [0.1, 0.15) is 67.2 Å². The summed E-state index contributed by atoms with van der Waals surface area (Å²) in [4.78, 5) is 13.4. The molecule has 0 atom stereocenters. The number of rotatable bonds is 4. The number of carbonyl (C=O) groups is 1. The lowest BCUT2D eigenvalue weighted by molar-refractivity contribution is -0.0103. The molecule has 1 amide bonds. The van der Waals surface area contributed by atoms with Crippen molar-refractivity contribution in [3.05, 3.63) is 0 Å². The quantitative estimate of drug-likeness (QED) is 0.768. The van der Waals surface area contributed by atoms with E-state index in [-0.39, 0.29) is 6.09 Å². The molecule has 0 unspecified atom stereocenters. The molecule has 1 saturated carbocycles. The molecule has 4 heteroatoms. The summed E-state index contributed by atoms with van der Waals surface area (Å²) in [5.74, 6) is 0.803. The highest BCUT2D eigenvalue weighted by Gasteiger charge is 2.30. The molecule has 1 fully saturated rings. The zero-order chi connectivity index (χ0) is 17.0. The van der Waals surface area contributed by atoms with Crippen molar-refractivity contribution >= 4 is 6.09 Å². The van der Waals surface area contributed by atoms with Gasteiger partial charge in [-0.1, -0.05) is 20.8 Å². The Labute approximate surface area is 136 Å². The number of hydrogen-bond acceptors (Lipinski definition) is 3. The highest BCUT2D eigenvalue weighted by atomic mass is 16.6. The first kappa shape index (κ1) is 19.3. The Morgan fingerprint density at radius 3 is 2.05 bits per heavy atom. The van der Waals surface area contributed by atoms with Crippen LogP contribution < -0.4 is 0 Å². The van der Waals surface area contributed by atoms with Gasteiger partial charge < -0.3 is 14.4 Å². The highest BCUT2D eigenvalue weighted by Crippen LogP contribution is 2.38. The van der Waals surface area contributed by atoms with Gasteiger partial charge >= 0.3 is 6.09 Å². The Morgan fingerprint density at radius 2 is 1.59 bits per heavy atom. The Morgan fingerprint density at radius 1 is 1.05 bits per heavy atom. The van der Waals surface area contributed by atoms with Gasteiger partial charge in [-0.25, -0.2) is 4.79 Å². The molecule has 0 radical (unpaired) electrons. The molecule has 4 nitrogen and oxygen atoms in total. The van der Waals surface area contributed by atoms with Crippen LogP contribution in [0.4, 0.5) is 4.79 Å². The Hall–Kier alpha value is -0.770. The zero-order valence-corrected chi connectivity index (χ0v) is 15.6. The van der Waals surface area contributed by atoms with E-state index in [2.05, 4.69) is 20.8 Å². The second-order valence-corrected chi connectivity index (χ2v) is 8.61. The maximum Gasteiger partial charge on any atom is 0.410 e. The third-order valence-electron chi connectivity index (χ3n) is 4.38. The maximum absolute atomic E-state index is 11.8. The van der Waals surface area contributed by atoms with Gasteiger partial charge in [-0.3, -0.25) is 0 Å². The molecule has 0 aromatic carbocycles. The lowest BCUT2D eigenvalue weighted by Gasteiger charge is -2.37. The fourth-order valence-corrected chi connectivity index (χ4v) is 2.88. The van der Waals surface area contributed by atoms with E-state index < -0.39 is 5.60 Å². The van der Waals surface area contributed by atoms with Crippen LogP contribution in [-0.4, -0.2) is 42.9 Å². The van der Waals surface area contributed by atoms with Crippen molar-refractivity contribution in [3.63, 3.8) is 0 Å². The van der Waals surface area contributed by atoms with Crippen molar-refractivity contribution in [1.82, 2.24) is 4.90 Å². The number of nitrogens with zero attached hydrogens (tertiary/aromatic N) is 1. The third-order valence-corrected chi connectivity index (χ3v) is 4.38. The minimum Gasteiger partial charge on any atom is -0.444 e. The van der Waals surface area contributed by atoms with Gasteiger partial charge in [0.1, 0.15) is 5.60 Å². The average molecular weight is 313 g/mol. The minimum atomic E-state index is -0.447. The van der Waals surface area contributed by atoms with Crippen LogP contribution >= 0.6 is 0 Å². The molecule has 0 aromatic rings. The second-order valence-electron chi connectivity index (χ2n) is 8.61. The summed E-state index contributed by atoms with van der Waals surface area (Å²) >= 11 is 0. The van der Waals surface area contributed by atoms with Crippen LogP contribution in [0.15, 0.2) is 0 Å². The van der Waals surface area contributed by atoms with Crippen LogP contribution in [-0.2, 0) is 9.47 Å². The first-order valence-electron chi connectivity index (χ1n) is 8.55. The van der Waals surface area contributed by atoms with E-state index in [1.165, 1.54) is 12.8 Å². The van der Waals surface area contributed by atoms with Crippen LogP contribution in [0.3, 0.4) is 0 Å². The minimum absolute atomic E-state index is 0.285. The zero-order valence-electron chi connectivity index (χ0n) is 15.6. The molecule has 0 spiro atoms. The predicted octanol–water partition coefficient (Wildman–Crippen LogP) is 4.47. The SMILES string of the molecule is CN(CCOC1CCC(C(C)(C)C)CC1)C(=O)OC(C)(C)C. The molecule has 0 aromatic heterocycles. The molecule has 0 saturated heterocycles. The molecule has 1 aliphatic rings. The molecule has 0 heterocycles. The van der Waals surface area contributed by atoms with Crippen molar-refractivity contribution in [2.75, 3.05) is 20.2 Å². The van der Waals surface area contributed by atoms with Crippen molar-refractivity contribution in [2.45, 2.75) is 78.9 Å².